The minimum atomic E-state index is -0.469. The summed E-state index contributed by atoms with van der Waals surface area (Å²) < 4.78 is 5.21. The largest absolute Gasteiger partial charge is 0.495 e. The minimum Gasteiger partial charge on any atom is -0.495 e. The molecular weight excluding hydrogens is 248 g/mol. The van der Waals surface area contributed by atoms with Crippen LogP contribution in [0.5, 0.6) is 5.75 Å². The van der Waals surface area contributed by atoms with Gasteiger partial charge in [0.2, 0.25) is 5.82 Å². The van der Waals surface area contributed by atoms with Gasteiger partial charge in [-0.25, -0.2) is 0 Å². The predicted octanol–water partition coefficient (Wildman–Crippen LogP) is 2.69. The van der Waals surface area contributed by atoms with Crippen molar-refractivity contribution in [3.05, 3.63) is 39.6 Å². The molecular formula is C12H14N4O3. The molecule has 7 heteroatoms. The highest BCUT2D eigenvalue weighted by molar-refractivity contribution is 5.71. The Hall–Kier alpha value is -2.57. The number of hydrogen-bond acceptors (Lipinski definition) is 5. The molecule has 0 atom stereocenters. The summed E-state index contributed by atoms with van der Waals surface area (Å²) in [5, 5.41) is 20.4. The second kappa shape index (κ2) is 4.97. The molecule has 100 valence electrons. The SMILES string of the molecule is COc1ccc(C)cc1Nc1n[nH]c(C)c1[N+](=O)[O-]. The molecule has 0 bridgehead atoms. The summed E-state index contributed by atoms with van der Waals surface area (Å²) in [6.07, 6.45) is 0. The number of ether oxygens (including phenoxy) is 1. The van der Waals surface area contributed by atoms with Crippen molar-refractivity contribution in [2.45, 2.75) is 13.8 Å². The molecule has 0 fully saturated rings. The third kappa shape index (κ3) is 2.49. The highest BCUT2D eigenvalue weighted by atomic mass is 16.6. The Balaban J connectivity index is 2.41. The molecule has 0 unspecified atom stereocenters. The van der Waals surface area contributed by atoms with Gasteiger partial charge in [0.1, 0.15) is 11.4 Å². The Bertz CT molecular complexity index is 621. The molecule has 2 N–H and O–H groups in total. The van der Waals surface area contributed by atoms with E-state index >= 15 is 0 Å². The molecule has 2 aromatic rings. The van der Waals surface area contributed by atoms with Crippen LogP contribution in [0.15, 0.2) is 18.2 Å². The van der Waals surface area contributed by atoms with Crippen LogP contribution in [0.3, 0.4) is 0 Å². The zero-order chi connectivity index (χ0) is 14.0. The molecule has 0 aliphatic heterocycles. The number of aromatic amines is 1. The maximum Gasteiger partial charge on any atom is 0.333 e. The van der Waals surface area contributed by atoms with E-state index in [4.69, 9.17) is 4.74 Å². The van der Waals surface area contributed by atoms with Crippen LogP contribution in [0.1, 0.15) is 11.3 Å². The number of methoxy groups -OCH3 is 1. The van der Waals surface area contributed by atoms with Crippen molar-refractivity contribution in [2.24, 2.45) is 0 Å². The number of nitrogens with zero attached hydrogens (tertiary/aromatic N) is 2. The number of H-pyrrole nitrogens is 1. The van der Waals surface area contributed by atoms with Crippen LogP contribution in [-0.2, 0) is 0 Å². The summed E-state index contributed by atoms with van der Waals surface area (Å²) in [6.45, 7) is 3.53. The second-order valence-electron chi connectivity index (χ2n) is 4.13. The van der Waals surface area contributed by atoms with Crippen molar-refractivity contribution in [3.63, 3.8) is 0 Å². The predicted molar refractivity (Wildman–Crippen MR) is 71.0 cm³/mol. The number of aromatic nitrogens is 2. The first-order valence-electron chi connectivity index (χ1n) is 5.64. The lowest BCUT2D eigenvalue weighted by Gasteiger charge is -2.09. The average Bonchev–Trinajstić information content (AvgIpc) is 2.71. The van der Waals surface area contributed by atoms with Crippen molar-refractivity contribution >= 4 is 17.2 Å². The Morgan fingerprint density at radius 3 is 2.79 bits per heavy atom. The topological polar surface area (TPSA) is 93.1 Å². The summed E-state index contributed by atoms with van der Waals surface area (Å²) in [4.78, 5) is 10.5. The van der Waals surface area contributed by atoms with Crippen LogP contribution >= 0.6 is 0 Å². The number of hydrogen-bond donors (Lipinski definition) is 2. The molecule has 19 heavy (non-hydrogen) atoms. The van der Waals surface area contributed by atoms with Gasteiger partial charge >= 0.3 is 5.69 Å². The van der Waals surface area contributed by atoms with Crippen LogP contribution in [0.4, 0.5) is 17.2 Å². The highest BCUT2D eigenvalue weighted by Crippen LogP contribution is 2.32. The fourth-order valence-electron chi connectivity index (χ4n) is 1.78. The number of rotatable bonds is 4. The van der Waals surface area contributed by atoms with E-state index in [9.17, 15) is 10.1 Å². The van der Waals surface area contributed by atoms with Crippen molar-refractivity contribution < 1.29 is 9.66 Å². The molecule has 0 spiro atoms. The van der Waals surface area contributed by atoms with E-state index in [-0.39, 0.29) is 11.5 Å². The van der Waals surface area contributed by atoms with Crippen molar-refractivity contribution in [1.29, 1.82) is 0 Å². The smallest absolute Gasteiger partial charge is 0.333 e. The van der Waals surface area contributed by atoms with Crippen LogP contribution in [0, 0.1) is 24.0 Å². The standard InChI is InChI=1S/C12H14N4O3/c1-7-4-5-10(19-3)9(6-7)13-12-11(16(17)18)8(2)14-15-12/h4-6H,1-3H3,(H2,13,14,15). The van der Waals surface area contributed by atoms with Gasteiger partial charge in [-0.2, -0.15) is 0 Å². The van der Waals surface area contributed by atoms with Gasteiger partial charge < -0.3 is 10.1 Å². The van der Waals surface area contributed by atoms with E-state index in [1.54, 1.807) is 20.1 Å². The number of nitrogens with one attached hydrogen (secondary N) is 2. The molecule has 1 aromatic carbocycles. The second-order valence-corrected chi connectivity index (χ2v) is 4.13. The van der Waals surface area contributed by atoms with Gasteiger partial charge in [0.05, 0.1) is 17.7 Å². The lowest BCUT2D eigenvalue weighted by atomic mass is 10.2. The highest BCUT2D eigenvalue weighted by Gasteiger charge is 2.22. The molecule has 0 aliphatic carbocycles. The number of benzene rings is 1. The number of anilines is 2. The molecule has 7 nitrogen and oxygen atoms in total. The summed E-state index contributed by atoms with van der Waals surface area (Å²) in [5.74, 6) is 0.770. The summed E-state index contributed by atoms with van der Waals surface area (Å²) >= 11 is 0. The monoisotopic (exact) mass is 262 g/mol. The molecule has 0 aliphatic rings. The number of aryl methyl sites for hydroxylation is 2. The zero-order valence-electron chi connectivity index (χ0n) is 10.9. The first-order valence-corrected chi connectivity index (χ1v) is 5.64. The number of nitro groups is 1. The Labute approximate surface area is 109 Å². The van der Waals surface area contributed by atoms with Gasteiger partial charge in [0, 0.05) is 0 Å². The molecule has 1 aromatic heterocycles. The lowest BCUT2D eigenvalue weighted by Crippen LogP contribution is -1.99. The lowest BCUT2D eigenvalue weighted by molar-refractivity contribution is -0.384. The molecule has 0 amide bonds. The van der Waals surface area contributed by atoms with Gasteiger partial charge in [-0.05, 0) is 31.5 Å². The fraction of sp³-hybridized carbons (Fsp3) is 0.250. The summed E-state index contributed by atoms with van der Waals surface area (Å²) in [5.41, 5.74) is 1.98. The van der Waals surface area contributed by atoms with E-state index < -0.39 is 4.92 Å². The Kier molecular flexibility index (Phi) is 3.37. The van der Waals surface area contributed by atoms with Gasteiger partial charge in [0.25, 0.3) is 0 Å². The molecule has 0 radical (unpaired) electrons. The van der Waals surface area contributed by atoms with Crippen molar-refractivity contribution in [3.8, 4) is 5.75 Å². The van der Waals surface area contributed by atoms with Crippen LogP contribution in [-0.4, -0.2) is 22.2 Å². The summed E-state index contributed by atoms with van der Waals surface area (Å²) in [6, 6.07) is 5.53. The quantitative estimate of drug-likeness (QED) is 0.652. The molecule has 2 rings (SSSR count). The normalized spacial score (nSPS) is 10.3. The van der Waals surface area contributed by atoms with Gasteiger partial charge in [-0.1, -0.05) is 6.07 Å². The van der Waals surface area contributed by atoms with Crippen LogP contribution in [0.25, 0.3) is 0 Å². The van der Waals surface area contributed by atoms with E-state index in [0.717, 1.165) is 5.56 Å². The molecule has 0 saturated carbocycles. The van der Waals surface area contributed by atoms with E-state index in [1.165, 1.54) is 0 Å². The maximum atomic E-state index is 11.0. The Morgan fingerprint density at radius 1 is 1.42 bits per heavy atom. The van der Waals surface area contributed by atoms with Gasteiger partial charge in [0.15, 0.2) is 0 Å². The Morgan fingerprint density at radius 2 is 2.16 bits per heavy atom. The fourth-order valence-corrected chi connectivity index (χ4v) is 1.78. The molecule has 1 heterocycles. The first kappa shape index (κ1) is 12.9. The van der Waals surface area contributed by atoms with Gasteiger partial charge in [-0.15, -0.1) is 5.10 Å². The first-order chi connectivity index (χ1) is 9.02. The van der Waals surface area contributed by atoms with Crippen molar-refractivity contribution in [2.75, 3.05) is 12.4 Å². The third-order valence-electron chi connectivity index (χ3n) is 2.71. The average molecular weight is 262 g/mol. The maximum absolute atomic E-state index is 11.0. The van der Waals surface area contributed by atoms with Gasteiger partial charge in [-0.3, -0.25) is 15.2 Å². The third-order valence-corrected chi connectivity index (χ3v) is 2.71. The summed E-state index contributed by atoms with van der Waals surface area (Å²) in [7, 11) is 1.54. The van der Waals surface area contributed by atoms with E-state index in [0.29, 0.717) is 17.1 Å². The van der Waals surface area contributed by atoms with E-state index in [1.807, 2.05) is 19.1 Å². The zero-order valence-corrected chi connectivity index (χ0v) is 10.9. The van der Waals surface area contributed by atoms with Crippen molar-refractivity contribution in [1.82, 2.24) is 10.2 Å². The minimum absolute atomic E-state index is 0.0661. The van der Waals surface area contributed by atoms with Crippen LogP contribution < -0.4 is 10.1 Å². The molecule has 0 saturated heterocycles. The van der Waals surface area contributed by atoms with Crippen LogP contribution in [0.2, 0.25) is 0 Å². The van der Waals surface area contributed by atoms with E-state index in [2.05, 4.69) is 15.5 Å².